The lowest BCUT2D eigenvalue weighted by Gasteiger charge is -2.36. The Labute approximate surface area is 426 Å². The monoisotopic (exact) mass is 937 g/mol. The lowest BCUT2D eigenvalue weighted by Crippen LogP contribution is -2.28. The average molecular weight is 938 g/mol. The average Bonchev–Trinajstić information content (AvgIpc) is 4.32. The third-order valence-corrected chi connectivity index (χ3v) is 18.6. The molecule has 12 aromatic rings. The summed E-state index contributed by atoms with van der Waals surface area (Å²) in [5, 5.41) is 7.71. The van der Waals surface area contributed by atoms with Gasteiger partial charge in [-0.2, -0.15) is 0 Å². The number of allylic oxidation sites excluding steroid dienone is 4. The van der Waals surface area contributed by atoms with Gasteiger partial charge in [-0.1, -0.05) is 200 Å². The zero-order chi connectivity index (χ0) is 49.0. The summed E-state index contributed by atoms with van der Waals surface area (Å²) in [5.41, 5.74) is 26.1. The van der Waals surface area contributed by atoms with Crippen LogP contribution in [0.3, 0.4) is 0 Å². The fraction of sp³-hybridized carbons (Fsp3) is 0.171. The van der Waals surface area contributed by atoms with Gasteiger partial charge in [-0.05, 0) is 109 Å². The molecule has 0 bridgehead atoms. The van der Waals surface area contributed by atoms with Gasteiger partial charge >= 0.3 is 0 Å². The van der Waals surface area contributed by atoms with Crippen LogP contribution in [0.5, 0.6) is 0 Å². The van der Waals surface area contributed by atoms with Crippen molar-refractivity contribution >= 4 is 71.0 Å². The van der Waals surface area contributed by atoms with E-state index in [1.807, 2.05) is 0 Å². The smallest absolute Gasteiger partial charge is 0.0662 e. The number of hydrogen-bond acceptors (Lipinski definition) is 0. The summed E-state index contributed by atoms with van der Waals surface area (Å²) in [6, 6.07) is 69.6. The van der Waals surface area contributed by atoms with Crippen LogP contribution >= 0.6 is 0 Å². The van der Waals surface area contributed by atoms with E-state index >= 15 is 0 Å². The molecular formula is C70H55N3. The number of hydrogen-bond donors (Lipinski definition) is 0. The van der Waals surface area contributed by atoms with Crippen molar-refractivity contribution in [2.75, 3.05) is 0 Å². The number of para-hydroxylation sites is 3. The molecule has 0 N–H and O–H groups in total. The minimum absolute atomic E-state index is 0.0499. The highest BCUT2D eigenvalue weighted by atomic mass is 15.1. The van der Waals surface area contributed by atoms with Gasteiger partial charge in [-0.25, -0.2) is 0 Å². The Morgan fingerprint density at radius 1 is 0.370 bits per heavy atom. The highest BCUT2D eigenvalue weighted by molar-refractivity contribution is 6.40. The first kappa shape index (κ1) is 41.5. The molecule has 2 atom stereocenters. The highest BCUT2D eigenvalue weighted by Gasteiger charge is 2.44. The number of rotatable bonds is 3. The van der Waals surface area contributed by atoms with Crippen LogP contribution in [0.2, 0.25) is 0 Å². The van der Waals surface area contributed by atoms with Crippen molar-refractivity contribution in [1.82, 2.24) is 13.7 Å². The zero-order valence-electron chi connectivity index (χ0n) is 42.5. The Hall–Kier alpha value is -8.14. The quantitative estimate of drug-likeness (QED) is 0.168. The molecule has 0 saturated heterocycles. The molecule has 3 heterocycles. The summed E-state index contributed by atoms with van der Waals surface area (Å²) < 4.78 is 8.06. The number of fused-ring (bicyclic) bond motifs is 20. The van der Waals surface area contributed by atoms with Crippen molar-refractivity contribution in [2.45, 2.75) is 70.8 Å². The number of nitrogens with zero attached hydrogens (tertiary/aromatic N) is 3. The Bertz CT molecular complexity index is 4410. The normalized spacial score (nSPS) is 18.6. The Morgan fingerprint density at radius 2 is 0.767 bits per heavy atom. The Morgan fingerprint density at radius 3 is 1.29 bits per heavy atom. The molecule has 73 heavy (non-hydrogen) atoms. The third kappa shape index (κ3) is 5.01. The maximum atomic E-state index is 2.78. The van der Waals surface area contributed by atoms with E-state index in [0.717, 1.165) is 0 Å². The van der Waals surface area contributed by atoms with Crippen LogP contribution < -0.4 is 0 Å². The van der Waals surface area contributed by atoms with E-state index in [9.17, 15) is 0 Å². The third-order valence-electron chi connectivity index (χ3n) is 18.6. The molecule has 0 fully saturated rings. The summed E-state index contributed by atoms with van der Waals surface area (Å²) in [5.74, 6) is 0.215. The number of benzene rings is 9. The van der Waals surface area contributed by atoms with Crippen molar-refractivity contribution in [3.05, 3.63) is 233 Å². The maximum absolute atomic E-state index is 2.78. The summed E-state index contributed by atoms with van der Waals surface area (Å²) in [6.45, 7) is 17.0. The van der Waals surface area contributed by atoms with Crippen molar-refractivity contribution in [3.63, 3.8) is 0 Å². The van der Waals surface area contributed by atoms with Gasteiger partial charge in [0.2, 0.25) is 0 Å². The van der Waals surface area contributed by atoms with Gasteiger partial charge in [0.25, 0.3) is 0 Å². The second-order valence-electron chi connectivity index (χ2n) is 23.2. The molecule has 0 saturated carbocycles. The van der Waals surface area contributed by atoms with E-state index in [2.05, 4.69) is 256 Å². The zero-order valence-corrected chi connectivity index (χ0v) is 42.5. The standard InChI is InChI=1S/C70H55N3/c1-40-57(37-36-48-45-22-10-16-28-54(45)70(6,7)64(40)48)73-60-31-19-13-25-51(60)63-66-61(49-23-11-17-29-58(49)71(66)41-32-34-46-43-20-8-14-26-52(43)68(2,3)55(46)38-41)65-62(67(63)73)50-24-12-18-30-59(50)72(65)42-33-35-47-44-21-9-15-27-53(44)69(4,5)56(47)39-42/h8-40,57H,1-7H3. The summed E-state index contributed by atoms with van der Waals surface area (Å²) in [7, 11) is 0. The van der Waals surface area contributed by atoms with Crippen molar-refractivity contribution in [2.24, 2.45) is 5.92 Å². The van der Waals surface area contributed by atoms with Crippen LogP contribution in [0, 0.1) is 5.92 Å². The first-order valence-corrected chi connectivity index (χ1v) is 26.4. The van der Waals surface area contributed by atoms with Crippen LogP contribution in [0.4, 0.5) is 0 Å². The molecule has 3 nitrogen and oxygen atoms in total. The predicted molar refractivity (Wildman–Crippen MR) is 307 cm³/mol. The minimum atomic E-state index is -0.155. The van der Waals surface area contributed by atoms with Crippen molar-refractivity contribution < 1.29 is 0 Å². The molecule has 0 radical (unpaired) electrons. The minimum Gasteiger partial charge on any atom is -0.332 e. The van der Waals surface area contributed by atoms with Gasteiger partial charge in [0.05, 0.1) is 33.6 Å². The van der Waals surface area contributed by atoms with Crippen molar-refractivity contribution in [1.29, 1.82) is 0 Å². The van der Waals surface area contributed by atoms with Crippen LogP contribution in [0.15, 0.2) is 200 Å². The maximum Gasteiger partial charge on any atom is 0.0662 e. The fourth-order valence-electron chi connectivity index (χ4n) is 15.4. The van der Waals surface area contributed by atoms with E-state index in [-0.39, 0.29) is 28.2 Å². The van der Waals surface area contributed by atoms with Gasteiger partial charge in [0.1, 0.15) is 0 Å². The van der Waals surface area contributed by atoms with E-state index in [4.69, 9.17) is 0 Å². The molecule has 4 aliphatic carbocycles. The van der Waals surface area contributed by atoms with E-state index in [1.54, 1.807) is 0 Å². The molecule has 4 aliphatic rings. The van der Waals surface area contributed by atoms with Crippen LogP contribution in [-0.4, -0.2) is 13.7 Å². The van der Waals surface area contributed by atoms with Gasteiger partial charge in [0.15, 0.2) is 0 Å². The SMILES string of the molecule is CC1C2=C(C=CC1n1c3ccccc3c3c4c(c5ccccc5n4-c4ccc5c(c4)C(C)(C)c4ccccc4-5)c4c(c5ccccc5n4-c4ccc5c(c4)C(C)(C)c4ccccc4-5)c31)c1ccccc1C2(C)C. The van der Waals surface area contributed by atoms with E-state index in [0.29, 0.717) is 0 Å². The molecule has 3 aromatic heterocycles. The fourth-order valence-corrected chi connectivity index (χ4v) is 15.4. The molecular weight excluding hydrogens is 883 g/mol. The van der Waals surface area contributed by atoms with Crippen LogP contribution in [-0.2, 0) is 16.2 Å². The molecule has 9 aromatic carbocycles. The molecule has 0 spiro atoms. The lowest BCUT2D eigenvalue weighted by atomic mass is 9.72. The van der Waals surface area contributed by atoms with E-state index < -0.39 is 0 Å². The summed E-state index contributed by atoms with van der Waals surface area (Å²) in [4.78, 5) is 0. The van der Waals surface area contributed by atoms with Gasteiger partial charge in [-0.15, -0.1) is 0 Å². The Balaban J connectivity index is 1.09. The van der Waals surface area contributed by atoms with E-state index in [1.165, 1.54) is 144 Å². The largest absolute Gasteiger partial charge is 0.332 e. The summed E-state index contributed by atoms with van der Waals surface area (Å²) in [6.07, 6.45) is 5.01. The highest BCUT2D eigenvalue weighted by Crippen LogP contribution is 2.58. The lowest BCUT2D eigenvalue weighted by molar-refractivity contribution is 0.434. The molecule has 2 unspecified atom stereocenters. The molecule has 3 heteroatoms. The molecule has 16 rings (SSSR count). The molecule has 0 aliphatic heterocycles. The molecule has 350 valence electrons. The number of aromatic nitrogens is 3. The first-order chi connectivity index (χ1) is 35.5. The van der Waals surface area contributed by atoms with Crippen LogP contribution in [0.1, 0.15) is 87.9 Å². The Kier molecular flexibility index (Phi) is 7.88. The first-order valence-electron chi connectivity index (χ1n) is 26.4. The van der Waals surface area contributed by atoms with Crippen LogP contribution in [0.25, 0.3) is 105 Å². The van der Waals surface area contributed by atoms with Gasteiger partial charge < -0.3 is 13.7 Å². The molecule has 0 amide bonds. The summed E-state index contributed by atoms with van der Waals surface area (Å²) >= 11 is 0. The second kappa shape index (κ2) is 13.9. The topological polar surface area (TPSA) is 14.8 Å². The van der Waals surface area contributed by atoms with Crippen molar-refractivity contribution in [3.8, 4) is 33.6 Å². The predicted octanol–water partition coefficient (Wildman–Crippen LogP) is 18.1. The van der Waals surface area contributed by atoms with Gasteiger partial charge in [0, 0.05) is 71.4 Å². The second-order valence-corrected chi connectivity index (χ2v) is 23.2. The van der Waals surface area contributed by atoms with Gasteiger partial charge in [-0.3, -0.25) is 0 Å².